The highest BCUT2D eigenvalue weighted by Gasteiger charge is 2.29. The number of aromatic nitrogens is 1. The summed E-state index contributed by atoms with van der Waals surface area (Å²) in [5, 5.41) is 1.14. The summed E-state index contributed by atoms with van der Waals surface area (Å²) in [5.74, 6) is -0.148. The molecule has 5 rings (SSSR count). The first-order chi connectivity index (χ1) is 16.3. The number of ether oxygens (including phenoxy) is 1. The van der Waals surface area contributed by atoms with Crippen molar-refractivity contribution in [1.82, 2.24) is 14.2 Å². The summed E-state index contributed by atoms with van der Waals surface area (Å²) in [6, 6.07) is 11.2. The fourth-order valence-electron chi connectivity index (χ4n) is 4.81. The lowest BCUT2D eigenvalue weighted by atomic mass is 10.0. The smallest absolute Gasteiger partial charge is 0.256 e. The third-order valence-electron chi connectivity index (χ3n) is 6.75. The first-order valence-electron chi connectivity index (χ1n) is 11.5. The minimum Gasteiger partial charge on any atom is -0.378 e. The van der Waals surface area contributed by atoms with E-state index in [2.05, 4.69) is 35.0 Å². The normalized spacial score (nSPS) is 16.8. The number of fused-ring (bicyclic) bond motifs is 3. The van der Waals surface area contributed by atoms with E-state index in [1.54, 1.807) is 12.1 Å². The molecule has 0 unspecified atom stereocenters. The Hall–Kier alpha value is -2.88. The van der Waals surface area contributed by atoms with Gasteiger partial charge in [0.15, 0.2) is 0 Å². The molecule has 2 aliphatic rings. The number of carbonyl (C=O) groups excluding carboxylic acids is 1. The van der Waals surface area contributed by atoms with Gasteiger partial charge in [-0.2, -0.15) is 0 Å². The molecule has 3 aromatic rings. The molecule has 180 valence electrons. The van der Waals surface area contributed by atoms with Crippen LogP contribution in [0, 0.1) is 6.92 Å². The van der Waals surface area contributed by atoms with Gasteiger partial charge in [-0.15, -0.1) is 0 Å². The quantitative estimate of drug-likeness (QED) is 0.618. The molecular weight excluding hydrogens is 452 g/mol. The number of anilines is 1. The van der Waals surface area contributed by atoms with Gasteiger partial charge in [0.1, 0.15) is 0 Å². The second-order valence-electron chi connectivity index (χ2n) is 9.17. The van der Waals surface area contributed by atoms with Gasteiger partial charge in [0.25, 0.3) is 5.91 Å². The zero-order valence-electron chi connectivity index (χ0n) is 19.8. The topological polar surface area (TPSA) is 86.0 Å². The average Bonchev–Trinajstić information content (AvgIpc) is 3.20. The molecule has 0 atom stereocenters. The summed E-state index contributed by atoms with van der Waals surface area (Å²) in [4.78, 5) is 21.5. The lowest BCUT2D eigenvalue weighted by Crippen LogP contribution is -2.40. The standard InChI is InChI=1S/C25H30N4O4S/c1-17-4-6-22-19(14-17)21-16-29(9-8-23(21)26-22)25(30)20-15-18(34(31,32)27(2)3)5-7-24(20)28-10-12-33-13-11-28/h4-7,14-15,26H,8-13,16H2,1-3H3. The molecular formula is C25H30N4O4S. The summed E-state index contributed by atoms with van der Waals surface area (Å²) in [6.45, 7) is 5.60. The first kappa shape index (κ1) is 22.9. The number of morpholine rings is 1. The number of benzene rings is 2. The molecule has 0 saturated carbocycles. The maximum atomic E-state index is 13.9. The van der Waals surface area contributed by atoms with Crippen molar-refractivity contribution in [2.45, 2.75) is 24.8 Å². The number of H-pyrrole nitrogens is 1. The zero-order valence-corrected chi connectivity index (χ0v) is 20.6. The molecule has 1 N–H and O–H groups in total. The van der Waals surface area contributed by atoms with Gasteiger partial charge in [0.05, 0.1) is 23.7 Å². The fourth-order valence-corrected chi connectivity index (χ4v) is 5.74. The summed E-state index contributed by atoms with van der Waals surface area (Å²) < 4.78 is 32.3. The number of nitrogens with zero attached hydrogens (tertiary/aromatic N) is 3. The van der Waals surface area contributed by atoms with E-state index in [0.29, 0.717) is 45.0 Å². The predicted octanol–water partition coefficient (Wildman–Crippen LogP) is 2.76. The molecule has 1 fully saturated rings. The molecule has 0 bridgehead atoms. The van der Waals surface area contributed by atoms with Crippen LogP contribution in [0.5, 0.6) is 0 Å². The second kappa shape index (κ2) is 8.72. The molecule has 1 amide bonds. The van der Waals surface area contributed by atoms with Crippen LogP contribution in [0.2, 0.25) is 0 Å². The summed E-state index contributed by atoms with van der Waals surface area (Å²) in [7, 11) is -0.674. The lowest BCUT2D eigenvalue weighted by molar-refractivity contribution is 0.0734. The van der Waals surface area contributed by atoms with E-state index in [9.17, 15) is 13.2 Å². The van der Waals surface area contributed by atoms with Crippen molar-refractivity contribution in [3.05, 3.63) is 58.8 Å². The number of aromatic amines is 1. The van der Waals surface area contributed by atoms with E-state index in [1.165, 1.54) is 35.7 Å². The van der Waals surface area contributed by atoms with Gasteiger partial charge >= 0.3 is 0 Å². The molecule has 8 nitrogen and oxygen atoms in total. The molecule has 2 aliphatic heterocycles. The van der Waals surface area contributed by atoms with Gasteiger partial charge in [-0.25, -0.2) is 12.7 Å². The summed E-state index contributed by atoms with van der Waals surface area (Å²) >= 11 is 0. The number of carbonyl (C=O) groups is 1. The van der Waals surface area contributed by atoms with Gasteiger partial charge < -0.3 is 19.5 Å². The van der Waals surface area contributed by atoms with E-state index in [4.69, 9.17) is 4.74 Å². The van der Waals surface area contributed by atoms with Crippen LogP contribution < -0.4 is 4.90 Å². The molecule has 3 heterocycles. The Morgan fingerprint density at radius 2 is 1.82 bits per heavy atom. The van der Waals surface area contributed by atoms with Crippen molar-refractivity contribution in [1.29, 1.82) is 0 Å². The average molecular weight is 483 g/mol. The Kier molecular flexibility index (Phi) is 5.87. The maximum absolute atomic E-state index is 13.9. The highest BCUT2D eigenvalue weighted by Crippen LogP contribution is 2.32. The number of nitrogens with one attached hydrogen (secondary N) is 1. The lowest BCUT2D eigenvalue weighted by Gasteiger charge is -2.33. The fraction of sp³-hybridized carbons (Fsp3) is 0.400. The maximum Gasteiger partial charge on any atom is 0.256 e. The minimum atomic E-state index is -3.67. The van der Waals surface area contributed by atoms with Crippen molar-refractivity contribution in [2.75, 3.05) is 51.8 Å². The molecule has 34 heavy (non-hydrogen) atoms. The van der Waals surface area contributed by atoms with Crippen LogP contribution >= 0.6 is 0 Å². The third kappa shape index (κ3) is 3.97. The van der Waals surface area contributed by atoms with E-state index in [0.717, 1.165) is 28.6 Å². The molecule has 1 aromatic heterocycles. The van der Waals surface area contributed by atoms with Crippen molar-refractivity contribution >= 4 is 32.5 Å². The number of aryl methyl sites for hydroxylation is 1. The van der Waals surface area contributed by atoms with Gasteiger partial charge in [-0.3, -0.25) is 4.79 Å². The largest absolute Gasteiger partial charge is 0.378 e. The molecule has 2 aromatic carbocycles. The zero-order chi connectivity index (χ0) is 24.0. The van der Waals surface area contributed by atoms with Crippen LogP contribution in [0.3, 0.4) is 0 Å². The molecule has 1 saturated heterocycles. The van der Waals surface area contributed by atoms with Gasteiger partial charge in [0.2, 0.25) is 10.0 Å². The van der Waals surface area contributed by atoms with Crippen LogP contribution in [-0.4, -0.2) is 75.5 Å². The first-order valence-corrected chi connectivity index (χ1v) is 13.0. The predicted molar refractivity (Wildman–Crippen MR) is 132 cm³/mol. The van der Waals surface area contributed by atoms with Crippen molar-refractivity contribution in [2.24, 2.45) is 0 Å². The van der Waals surface area contributed by atoms with E-state index < -0.39 is 10.0 Å². The second-order valence-corrected chi connectivity index (χ2v) is 11.3. The summed E-state index contributed by atoms with van der Waals surface area (Å²) in [5.41, 5.74) is 5.74. The SMILES string of the molecule is Cc1ccc2[nH]c3c(c2c1)CN(C(=O)c1cc(S(=O)(=O)N(C)C)ccc1N1CCOCC1)CC3. The number of hydrogen-bond donors (Lipinski definition) is 1. The Morgan fingerprint density at radius 1 is 1.06 bits per heavy atom. The number of rotatable bonds is 4. The van der Waals surface area contributed by atoms with Gasteiger partial charge in [-0.1, -0.05) is 11.6 Å². The van der Waals surface area contributed by atoms with Crippen LogP contribution in [0.1, 0.15) is 27.2 Å². The van der Waals surface area contributed by atoms with E-state index in [-0.39, 0.29) is 10.8 Å². The van der Waals surface area contributed by atoms with Crippen LogP contribution in [0.25, 0.3) is 10.9 Å². The molecule has 0 spiro atoms. The minimum absolute atomic E-state index is 0.123. The van der Waals surface area contributed by atoms with E-state index in [1.807, 2.05) is 4.90 Å². The van der Waals surface area contributed by atoms with Crippen LogP contribution in [0.4, 0.5) is 5.69 Å². The highest BCUT2D eigenvalue weighted by atomic mass is 32.2. The monoisotopic (exact) mass is 482 g/mol. The number of sulfonamides is 1. The Labute approximate surface area is 200 Å². The molecule has 0 radical (unpaired) electrons. The van der Waals surface area contributed by atoms with Gasteiger partial charge in [0, 0.05) is 74.5 Å². The molecule has 0 aliphatic carbocycles. The highest BCUT2D eigenvalue weighted by molar-refractivity contribution is 7.89. The Morgan fingerprint density at radius 3 is 2.56 bits per heavy atom. The third-order valence-corrected chi connectivity index (χ3v) is 8.56. The Bertz CT molecular complexity index is 1360. The Balaban J connectivity index is 1.54. The van der Waals surface area contributed by atoms with Crippen LogP contribution in [-0.2, 0) is 27.7 Å². The van der Waals surface area contributed by atoms with Gasteiger partial charge in [-0.05, 0) is 37.3 Å². The van der Waals surface area contributed by atoms with Crippen molar-refractivity contribution in [3.8, 4) is 0 Å². The number of amides is 1. The number of hydrogen-bond acceptors (Lipinski definition) is 5. The van der Waals surface area contributed by atoms with E-state index >= 15 is 0 Å². The summed E-state index contributed by atoms with van der Waals surface area (Å²) in [6.07, 6.45) is 0.734. The van der Waals surface area contributed by atoms with Crippen LogP contribution in [0.15, 0.2) is 41.3 Å². The molecule has 9 heteroatoms. The van der Waals surface area contributed by atoms with Crippen molar-refractivity contribution < 1.29 is 17.9 Å². The van der Waals surface area contributed by atoms with Crippen molar-refractivity contribution in [3.63, 3.8) is 0 Å².